The fraction of sp³-hybridized carbons (Fsp3) is 0.233. The number of amides is 1. The van der Waals surface area contributed by atoms with Gasteiger partial charge in [0.15, 0.2) is 0 Å². The maximum absolute atomic E-state index is 13.1. The third-order valence-electron chi connectivity index (χ3n) is 6.44. The molecule has 1 unspecified atom stereocenters. The van der Waals surface area contributed by atoms with E-state index in [4.69, 9.17) is 0 Å². The highest BCUT2D eigenvalue weighted by Crippen LogP contribution is 2.21. The number of carbonyl (C=O) groups excluding carboxylic acids is 1. The molecule has 0 spiro atoms. The summed E-state index contributed by atoms with van der Waals surface area (Å²) in [5.74, 6) is -0.0453. The van der Waals surface area contributed by atoms with E-state index < -0.39 is 17.9 Å². The van der Waals surface area contributed by atoms with Gasteiger partial charge in [-0.3, -0.25) is 4.79 Å². The number of H-pyrrole nitrogens is 1. The number of aliphatic carboxylic acids is 1. The number of nitrogens with zero attached hydrogens (tertiary/aromatic N) is 3. The van der Waals surface area contributed by atoms with Crippen molar-refractivity contribution in [2.45, 2.75) is 46.2 Å². The standard InChI is InChI=1S/C30H30N6O3/c1-4-22-13-21(15-31)12-19(3)28(22)29(37)36-24(30(38)39)14-20-5-7-23(8-6-20)25-16-33-27(35-25)17-34-26-11-18(2)9-10-32-26/h5-13,16,24H,4,14,17H2,1-3H3,(H,32,34)(H,33,35)(H,36,37)(H,38,39). The van der Waals surface area contributed by atoms with Crippen LogP contribution < -0.4 is 10.6 Å². The predicted molar refractivity (Wildman–Crippen MR) is 148 cm³/mol. The minimum Gasteiger partial charge on any atom is -0.480 e. The van der Waals surface area contributed by atoms with Gasteiger partial charge in [0.05, 0.1) is 30.1 Å². The number of hydrogen-bond acceptors (Lipinski definition) is 6. The minimum absolute atomic E-state index is 0.125. The Labute approximate surface area is 227 Å². The third kappa shape index (κ3) is 6.67. The number of carbonyl (C=O) groups is 2. The van der Waals surface area contributed by atoms with E-state index in [0.717, 1.165) is 34.0 Å². The zero-order valence-electron chi connectivity index (χ0n) is 22.1. The van der Waals surface area contributed by atoms with Crippen LogP contribution in [-0.2, 0) is 24.2 Å². The van der Waals surface area contributed by atoms with Crippen LogP contribution in [-0.4, -0.2) is 38.0 Å². The van der Waals surface area contributed by atoms with Crippen LogP contribution in [0.3, 0.4) is 0 Å². The number of nitrogens with one attached hydrogen (secondary N) is 3. The van der Waals surface area contributed by atoms with E-state index in [9.17, 15) is 20.0 Å². The van der Waals surface area contributed by atoms with Gasteiger partial charge in [-0.15, -0.1) is 0 Å². The molecule has 0 radical (unpaired) electrons. The maximum Gasteiger partial charge on any atom is 0.326 e. The highest BCUT2D eigenvalue weighted by molar-refractivity contribution is 5.99. The second kappa shape index (κ2) is 12.0. The van der Waals surface area contributed by atoms with Crippen LogP contribution in [0.2, 0.25) is 0 Å². The lowest BCUT2D eigenvalue weighted by Gasteiger charge is -2.18. The molecule has 2 aromatic heterocycles. The summed E-state index contributed by atoms with van der Waals surface area (Å²) in [6, 6.07) is 15.7. The summed E-state index contributed by atoms with van der Waals surface area (Å²) < 4.78 is 0. The van der Waals surface area contributed by atoms with Crippen molar-refractivity contribution in [2.75, 3.05) is 5.32 Å². The molecule has 39 heavy (non-hydrogen) atoms. The first-order chi connectivity index (χ1) is 18.8. The number of carboxylic acid groups (broad SMARTS) is 1. The Morgan fingerprint density at radius 3 is 2.54 bits per heavy atom. The van der Waals surface area contributed by atoms with Gasteiger partial charge in [-0.05, 0) is 72.4 Å². The number of aromatic amines is 1. The van der Waals surface area contributed by atoms with E-state index in [1.807, 2.05) is 50.2 Å². The Kier molecular flexibility index (Phi) is 8.37. The Hall–Kier alpha value is -4.97. The lowest BCUT2D eigenvalue weighted by Crippen LogP contribution is -2.42. The van der Waals surface area contributed by atoms with Crippen LogP contribution in [0.5, 0.6) is 0 Å². The van der Waals surface area contributed by atoms with Crippen molar-refractivity contribution >= 4 is 17.7 Å². The summed E-state index contributed by atoms with van der Waals surface area (Å²) in [5, 5.41) is 24.9. The van der Waals surface area contributed by atoms with Gasteiger partial charge in [-0.2, -0.15) is 5.26 Å². The van der Waals surface area contributed by atoms with E-state index >= 15 is 0 Å². The lowest BCUT2D eigenvalue weighted by molar-refractivity contribution is -0.139. The van der Waals surface area contributed by atoms with E-state index in [2.05, 4.69) is 31.7 Å². The van der Waals surface area contributed by atoms with Crippen molar-refractivity contribution in [1.29, 1.82) is 5.26 Å². The zero-order valence-corrected chi connectivity index (χ0v) is 22.1. The van der Waals surface area contributed by atoms with Gasteiger partial charge in [-0.1, -0.05) is 31.2 Å². The monoisotopic (exact) mass is 522 g/mol. The van der Waals surface area contributed by atoms with Crippen molar-refractivity contribution in [3.63, 3.8) is 0 Å². The molecular weight excluding hydrogens is 492 g/mol. The number of rotatable bonds is 10. The normalized spacial score (nSPS) is 11.4. The first kappa shape index (κ1) is 27.1. The van der Waals surface area contributed by atoms with E-state index in [0.29, 0.717) is 35.2 Å². The number of anilines is 1. The van der Waals surface area contributed by atoms with Gasteiger partial charge in [0.1, 0.15) is 17.7 Å². The molecule has 0 aliphatic rings. The summed E-state index contributed by atoms with van der Waals surface area (Å²) in [7, 11) is 0. The molecule has 9 heteroatoms. The number of aryl methyl sites for hydroxylation is 3. The fourth-order valence-corrected chi connectivity index (χ4v) is 4.42. The molecule has 2 aromatic carbocycles. The molecule has 0 bridgehead atoms. The summed E-state index contributed by atoms with van der Waals surface area (Å²) in [6.07, 6.45) is 4.18. The number of nitriles is 1. The molecule has 4 aromatic rings. The Bertz CT molecular complexity index is 1540. The number of pyridine rings is 1. The van der Waals surface area contributed by atoms with Crippen molar-refractivity contribution < 1.29 is 14.7 Å². The van der Waals surface area contributed by atoms with Crippen molar-refractivity contribution in [1.82, 2.24) is 20.3 Å². The quantitative estimate of drug-likeness (QED) is 0.239. The number of carboxylic acids is 1. The maximum atomic E-state index is 13.1. The van der Waals surface area contributed by atoms with Crippen LogP contribution in [0, 0.1) is 25.2 Å². The van der Waals surface area contributed by atoms with Gasteiger partial charge < -0.3 is 20.7 Å². The molecule has 1 atom stereocenters. The molecule has 0 saturated heterocycles. The van der Waals surface area contributed by atoms with Crippen LogP contribution in [0.1, 0.15) is 50.9 Å². The number of imidazole rings is 1. The van der Waals surface area contributed by atoms with E-state index in [-0.39, 0.29) is 6.42 Å². The first-order valence-electron chi connectivity index (χ1n) is 12.6. The molecule has 1 amide bonds. The third-order valence-corrected chi connectivity index (χ3v) is 6.44. The largest absolute Gasteiger partial charge is 0.480 e. The Morgan fingerprint density at radius 1 is 1.10 bits per heavy atom. The second-order valence-electron chi connectivity index (χ2n) is 9.37. The average molecular weight is 523 g/mol. The molecule has 4 rings (SSSR count). The molecule has 0 saturated carbocycles. The molecule has 0 aliphatic heterocycles. The zero-order chi connectivity index (χ0) is 27.9. The van der Waals surface area contributed by atoms with Gasteiger partial charge in [0.25, 0.3) is 5.91 Å². The Morgan fingerprint density at radius 2 is 1.87 bits per heavy atom. The number of aromatic nitrogens is 3. The first-order valence-corrected chi connectivity index (χ1v) is 12.6. The highest BCUT2D eigenvalue weighted by Gasteiger charge is 2.24. The SMILES string of the molecule is CCc1cc(C#N)cc(C)c1C(=O)NC(Cc1ccc(-c2cnc(CNc3cc(C)ccn3)[nH]2)cc1)C(=O)O. The van der Waals surface area contributed by atoms with Gasteiger partial charge in [0.2, 0.25) is 0 Å². The smallest absolute Gasteiger partial charge is 0.326 e. The molecule has 0 aliphatic carbocycles. The van der Waals surface area contributed by atoms with Gasteiger partial charge >= 0.3 is 5.97 Å². The number of hydrogen-bond donors (Lipinski definition) is 4. The molecule has 2 heterocycles. The summed E-state index contributed by atoms with van der Waals surface area (Å²) in [4.78, 5) is 37.1. The molecule has 198 valence electrons. The molecule has 9 nitrogen and oxygen atoms in total. The minimum atomic E-state index is -1.12. The van der Waals surface area contributed by atoms with E-state index in [1.54, 1.807) is 31.5 Å². The highest BCUT2D eigenvalue weighted by atomic mass is 16.4. The van der Waals surface area contributed by atoms with Crippen molar-refractivity contribution in [2.24, 2.45) is 0 Å². The predicted octanol–water partition coefficient (Wildman–Crippen LogP) is 4.56. The van der Waals surface area contributed by atoms with Gasteiger partial charge in [-0.25, -0.2) is 14.8 Å². The van der Waals surface area contributed by atoms with Crippen molar-refractivity contribution in [3.8, 4) is 17.3 Å². The molecule has 4 N–H and O–H groups in total. The van der Waals surface area contributed by atoms with Crippen LogP contribution in [0.4, 0.5) is 5.82 Å². The lowest BCUT2D eigenvalue weighted by atomic mass is 9.95. The summed E-state index contributed by atoms with van der Waals surface area (Å²) >= 11 is 0. The molecule has 0 fully saturated rings. The summed E-state index contributed by atoms with van der Waals surface area (Å²) in [5.41, 5.74) is 5.87. The van der Waals surface area contributed by atoms with Crippen LogP contribution in [0.15, 0.2) is 60.9 Å². The fourth-order valence-electron chi connectivity index (χ4n) is 4.42. The van der Waals surface area contributed by atoms with Gasteiger partial charge in [0, 0.05) is 18.2 Å². The average Bonchev–Trinajstić information content (AvgIpc) is 3.40. The topological polar surface area (TPSA) is 144 Å². The second-order valence-corrected chi connectivity index (χ2v) is 9.37. The summed E-state index contributed by atoms with van der Waals surface area (Å²) in [6.45, 7) is 6.14. The number of benzene rings is 2. The van der Waals surface area contributed by atoms with Crippen LogP contribution in [0.25, 0.3) is 11.3 Å². The van der Waals surface area contributed by atoms with Crippen LogP contribution >= 0.6 is 0 Å². The molecular formula is C30H30N6O3. The van der Waals surface area contributed by atoms with E-state index in [1.165, 1.54) is 0 Å². The Balaban J connectivity index is 1.42. The van der Waals surface area contributed by atoms with Crippen molar-refractivity contribution in [3.05, 3.63) is 100 Å².